The van der Waals surface area contributed by atoms with Crippen LogP contribution in [-0.2, 0) is 0 Å². The van der Waals surface area contributed by atoms with Crippen LogP contribution in [0.15, 0.2) is 24.0 Å². The number of hydrogen-bond acceptors (Lipinski definition) is 1. The van der Waals surface area contributed by atoms with Gasteiger partial charge in [0.05, 0.1) is 0 Å². The van der Waals surface area contributed by atoms with Crippen molar-refractivity contribution in [3.8, 4) is 0 Å². The first kappa shape index (κ1) is 8.28. The standard InChI is InChI=1S/C8H15N/c1-6-8(4)9(5)7(2)3/h6H,2H2,1,3-5H3/b8-6+. The summed E-state index contributed by atoms with van der Waals surface area (Å²) in [7, 11) is 2.01. The van der Waals surface area contributed by atoms with Gasteiger partial charge in [-0.1, -0.05) is 12.7 Å². The molecule has 0 N–H and O–H groups in total. The molecule has 0 saturated carbocycles. The second-order valence-corrected chi connectivity index (χ2v) is 2.22. The van der Waals surface area contributed by atoms with Crippen molar-refractivity contribution >= 4 is 0 Å². The van der Waals surface area contributed by atoms with Gasteiger partial charge >= 0.3 is 0 Å². The van der Waals surface area contributed by atoms with Gasteiger partial charge in [0.1, 0.15) is 0 Å². The zero-order valence-electron chi connectivity index (χ0n) is 6.73. The van der Waals surface area contributed by atoms with Crippen LogP contribution in [0.5, 0.6) is 0 Å². The third-order valence-corrected chi connectivity index (χ3v) is 1.52. The largest absolute Gasteiger partial charge is 0.353 e. The van der Waals surface area contributed by atoms with Crippen LogP contribution in [-0.4, -0.2) is 11.9 Å². The van der Waals surface area contributed by atoms with E-state index >= 15 is 0 Å². The predicted octanol–water partition coefficient (Wildman–Crippen LogP) is 2.38. The van der Waals surface area contributed by atoms with E-state index in [2.05, 4.69) is 24.5 Å². The zero-order chi connectivity index (χ0) is 7.44. The minimum Gasteiger partial charge on any atom is -0.353 e. The Morgan fingerprint density at radius 3 is 2.00 bits per heavy atom. The SMILES string of the molecule is C=C(C)N(C)/C(C)=C/C. The summed E-state index contributed by atoms with van der Waals surface area (Å²) in [5.41, 5.74) is 2.31. The highest BCUT2D eigenvalue weighted by atomic mass is 15.1. The van der Waals surface area contributed by atoms with E-state index in [0.29, 0.717) is 0 Å². The molecule has 0 saturated heterocycles. The van der Waals surface area contributed by atoms with Crippen LogP contribution in [0.4, 0.5) is 0 Å². The summed E-state index contributed by atoms with van der Waals surface area (Å²) >= 11 is 0. The molecule has 0 aliphatic rings. The molecule has 1 nitrogen and oxygen atoms in total. The molecule has 0 atom stereocenters. The number of hydrogen-bond donors (Lipinski definition) is 0. The van der Waals surface area contributed by atoms with Gasteiger partial charge in [0.15, 0.2) is 0 Å². The average molecular weight is 125 g/mol. The molecule has 0 aromatic rings. The van der Waals surface area contributed by atoms with Gasteiger partial charge in [-0.15, -0.1) is 0 Å². The first-order valence-electron chi connectivity index (χ1n) is 3.11. The fourth-order valence-corrected chi connectivity index (χ4v) is 0.495. The van der Waals surface area contributed by atoms with Crippen molar-refractivity contribution in [2.75, 3.05) is 7.05 Å². The molecule has 0 fully saturated rings. The van der Waals surface area contributed by atoms with Crippen LogP contribution < -0.4 is 0 Å². The van der Waals surface area contributed by atoms with Crippen molar-refractivity contribution in [3.05, 3.63) is 24.0 Å². The van der Waals surface area contributed by atoms with E-state index < -0.39 is 0 Å². The van der Waals surface area contributed by atoms with Crippen molar-refractivity contribution in [1.82, 2.24) is 4.90 Å². The molecule has 0 heterocycles. The molecule has 0 aromatic carbocycles. The van der Waals surface area contributed by atoms with Crippen molar-refractivity contribution in [2.45, 2.75) is 20.8 Å². The Kier molecular flexibility index (Phi) is 3.07. The smallest absolute Gasteiger partial charge is 0.0111 e. The number of nitrogens with zero attached hydrogens (tertiary/aromatic N) is 1. The lowest BCUT2D eigenvalue weighted by Crippen LogP contribution is -2.11. The highest BCUT2D eigenvalue weighted by molar-refractivity contribution is 5.03. The Morgan fingerprint density at radius 1 is 1.44 bits per heavy atom. The van der Waals surface area contributed by atoms with Crippen molar-refractivity contribution < 1.29 is 0 Å². The van der Waals surface area contributed by atoms with E-state index in [1.807, 2.05) is 20.9 Å². The molecule has 0 bridgehead atoms. The Hall–Kier alpha value is -0.720. The van der Waals surface area contributed by atoms with Crippen LogP contribution in [0, 0.1) is 0 Å². The minimum absolute atomic E-state index is 1.07. The molecular formula is C8H15N. The number of rotatable bonds is 2. The van der Waals surface area contributed by atoms with E-state index in [1.165, 1.54) is 5.70 Å². The number of allylic oxidation sites excluding steroid dienone is 3. The van der Waals surface area contributed by atoms with Gasteiger partial charge in [-0.2, -0.15) is 0 Å². The Bertz CT molecular complexity index is 134. The monoisotopic (exact) mass is 125 g/mol. The van der Waals surface area contributed by atoms with E-state index in [0.717, 1.165) is 5.70 Å². The van der Waals surface area contributed by atoms with E-state index in [1.54, 1.807) is 0 Å². The molecule has 0 aliphatic heterocycles. The van der Waals surface area contributed by atoms with Gasteiger partial charge in [-0.05, 0) is 20.8 Å². The Balaban J connectivity index is 4.04. The first-order valence-corrected chi connectivity index (χ1v) is 3.11. The minimum atomic E-state index is 1.07. The molecule has 0 aliphatic carbocycles. The predicted molar refractivity (Wildman–Crippen MR) is 42.0 cm³/mol. The second-order valence-electron chi connectivity index (χ2n) is 2.22. The molecule has 0 rings (SSSR count). The lowest BCUT2D eigenvalue weighted by molar-refractivity contribution is 0.523. The van der Waals surface area contributed by atoms with Crippen LogP contribution in [0.2, 0.25) is 0 Å². The topological polar surface area (TPSA) is 3.24 Å². The summed E-state index contributed by atoms with van der Waals surface area (Å²) in [6, 6.07) is 0. The summed E-state index contributed by atoms with van der Waals surface area (Å²) in [6.07, 6.45) is 2.06. The third-order valence-electron chi connectivity index (χ3n) is 1.52. The highest BCUT2D eigenvalue weighted by Crippen LogP contribution is 2.05. The molecule has 0 aromatic heterocycles. The lowest BCUT2D eigenvalue weighted by Gasteiger charge is -2.18. The molecule has 52 valence electrons. The molecule has 0 amide bonds. The van der Waals surface area contributed by atoms with E-state index in [4.69, 9.17) is 0 Å². The molecule has 0 spiro atoms. The van der Waals surface area contributed by atoms with Gasteiger partial charge in [0.25, 0.3) is 0 Å². The normalized spacial score (nSPS) is 11.3. The summed E-state index contributed by atoms with van der Waals surface area (Å²) in [6.45, 7) is 9.89. The highest BCUT2D eigenvalue weighted by Gasteiger charge is 1.94. The third kappa shape index (κ3) is 2.36. The van der Waals surface area contributed by atoms with Crippen molar-refractivity contribution in [3.63, 3.8) is 0 Å². The Morgan fingerprint density at radius 2 is 1.89 bits per heavy atom. The molecule has 9 heavy (non-hydrogen) atoms. The first-order chi connectivity index (χ1) is 4.09. The summed E-state index contributed by atoms with van der Waals surface area (Å²) in [4.78, 5) is 2.06. The average Bonchev–Trinajstić information content (AvgIpc) is 1.84. The summed E-state index contributed by atoms with van der Waals surface area (Å²) < 4.78 is 0. The Labute approximate surface area is 57.7 Å². The van der Waals surface area contributed by atoms with E-state index in [9.17, 15) is 0 Å². The molecule has 1 heteroatoms. The van der Waals surface area contributed by atoms with Crippen LogP contribution in [0.25, 0.3) is 0 Å². The lowest BCUT2D eigenvalue weighted by atomic mass is 10.4. The second kappa shape index (κ2) is 3.33. The van der Waals surface area contributed by atoms with Gasteiger partial charge in [0, 0.05) is 18.4 Å². The summed E-state index contributed by atoms with van der Waals surface area (Å²) in [5.74, 6) is 0. The van der Waals surface area contributed by atoms with E-state index in [-0.39, 0.29) is 0 Å². The van der Waals surface area contributed by atoms with Crippen LogP contribution in [0.3, 0.4) is 0 Å². The summed E-state index contributed by atoms with van der Waals surface area (Å²) in [5, 5.41) is 0. The maximum atomic E-state index is 3.81. The quantitative estimate of drug-likeness (QED) is 0.547. The van der Waals surface area contributed by atoms with Crippen LogP contribution >= 0.6 is 0 Å². The fraction of sp³-hybridized carbons (Fsp3) is 0.500. The maximum Gasteiger partial charge on any atom is 0.0111 e. The van der Waals surface area contributed by atoms with Gasteiger partial charge in [-0.3, -0.25) is 0 Å². The van der Waals surface area contributed by atoms with Gasteiger partial charge in [0.2, 0.25) is 0 Å². The fourth-order valence-electron chi connectivity index (χ4n) is 0.495. The van der Waals surface area contributed by atoms with Crippen molar-refractivity contribution in [1.29, 1.82) is 0 Å². The van der Waals surface area contributed by atoms with Gasteiger partial charge in [-0.25, -0.2) is 0 Å². The molecule has 0 unspecified atom stereocenters. The maximum absolute atomic E-state index is 3.81. The van der Waals surface area contributed by atoms with Crippen molar-refractivity contribution in [2.24, 2.45) is 0 Å². The molecular weight excluding hydrogens is 110 g/mol. The zero-order valence-corrected chi connectivity index (χ0v) is 6.73. The molecule has 0 radical (unpaired) electrons. The van der Waals surface area contributed by atoms with Crippen LogP contribution in [0.1, 0.15) is 20.8 Å². The van der Waals surface area contributed by atoms with Gasteiger partial charge < -0.3 is 4.90 Å².